The van der Waals surface area contributed by atoms with Crippen molar-refractivity contribution in [3.63, 3.8) is 0 Å². The van der Waals surface area contributed by atoms with Gasteiger partial charge in [-0.1, -0.05) is 35.5 Å². The number of fused-ring (bicyclic) bond motifs is 1. The molecular formula is C17H17ClN4O4S. The zero-order valence-electron chi connectivity index (χ0n) is 14.0. The number of rotatable bonds is 5. The standard InChI is InChI=1S/C17H17ClN4O4S/c18-10-3-1-9(2-4-10)6-27-16-12-15(19-7-20-16)22(8-21-12)17-14(25)13(24)11(5-23)26-17/h1-4,7-8,11,13-14,17,23-25H,5-6H2/t11-,13+,14-,17-/m1/s1. The molecule has 1 aliphatic rings. The summed E-state index contributed by atoms with van der Waals surface area (Å²) in [6, 6.07) is 7.57. The highest BCUT2D eigenvalue weighted by Gasteiger charge is 2.44. The monoisotopic (exact) mass is 408 g/mol. The van der Waals surface area contributed by atoms with Crippen LogP contribution in [-0.2, 0) is 10.5 Å². The number of aromatic nitrogens is 4. The second kappa shape index (κ2) is 7.70. The van der Waals surface area contributed by atoms with Gasteiger partial charge in [0.2, 0.25) is 0 Å². The maximum atomic E-state index is 10.2. The molecule has 3 heterocycles. The molecule has 0 aliphatic carbocycles. The van der Waals surface area contributed by atoms with Crippen molar-refractivity contribution in [3.8, 4) is 0 Å². The van der Waals surface area contributed by atoms with Gasteiger partial charge in [-0.2, -0.15) is 0 Å². The predicted octanol–water partition coefficient (Wildman–Crippen LogP) is 1.38. The number of thioether (sulfide) groups is 1. The van der Waals surface area contributed by atoms with E-state index in [2.05, 4.69) is 15.0 Å². The Bertz CT molecular complexity index is 938. The van der Waals surface area contributed by atoms with E-state index in [1.165, 1.54) is 24.4 Å². The van der Waals surface area contributed by atoms with Crippen molar-refractivity contribution < 1.29 is 20.1 Å². The number of aliphatic hydroxyl groups is 3. The Morgan fingerprint density at radius 2 is 1.89 bits per heavy atom. The minimum Gasteiger partial charge on any atom is -0.394 e. The Morgan fingerprint density at radius 3 is 2.59 bits per heavy atom. The SMILES string of the molecule is OC[C@H]1O[C@@H](n2cnc3c(SCc4ccc(Cl)cc4)ncnc32)[C@H](O)[C@H]1O. The lowest BCUT2D eigenvalue weighted by atomic mass is 10.1. The molecule has 1 fully saturated rings. The van der Waals surface area contributed by atoms with E-state index in [0.717, 1.165) is 5.56 Å². The van der Waals surface area contributed by atoms with Gasteiger partial charge in [-0.05, 0) is 17.7 Å². The molecule has 0 spiro atoms. The molecule has 0 unspecified atom stereocenters. The number of nitrogens with zero attached hydrogens (tertiary/aromatic N) is 4. The number of benzene rings is 1. The third-order valence-corrected chi connectivity index (χ3v) is 5.71. The number of halogens is 1. The number of imidazole rings is 1. The van der Waals surface area contributed by atoms with Crippen LogP contribution >= 0.6 is 23.4 Å². The fraction of sp³-hybridized carbons (Fsp3) is 0.353. The van der Waals surface area contributed by atoms with Crippen LogP contribution < -0.4 is 0 Å². The van der Waals surface area contributed by atoms with E-state index < -0.39 is 31.1 Å². The molecule has 0 radical (unpaired) electrons. The van der Waals surface area contributed by atoms with Gasteiger partial charge in [0.05, 0.1) is 12.9 Å². The minimum absolute atomic E-state index is 0.390. The van der Waals surface area contributed by atoms with E-state index in [-0.39, 0.29) is 0 Å². The molecule has 1 saturated heterocycles. The Morgan fingerprint density at radius 1 is 1.11 bits per heavy atom. The summed E-state index contributed by atoms with van der Waals surface area (Å²) in [5.41, 5.74) is 2.16. The molecule has 1 aliphatic heterocycles. The van der Waals surface area contributed by atoms with Crippen LogP contribution in [0.1, 0.15) is 11.8 Å². The zero-order chi connectivity index (χ0) is 19.0. The zero-order valence-corrected chi connectivity index (χ0v) is 15.6. The van der Waals surface area contributed by atoms with Gasteiger partial charge < -0.3 is 20.1 Å². The van der Waals surface area contributed by atoms with E-state index in [1.54, 1.807) is 4.57 Å². The van der Waals surface area contributed by atoms with Crippen molar-refractivity contribution in [3.05, 3.63) is 47.5 Å². The number of hydrogen-bond acceptors (Lipinski definition) is 8. The third kappa shape index (κ3) is 3.54. The Hall–Kier alpha value is -1.75. The maximum Gasteiger partial charge on any atom is 0.166 e. The summed E-state index contributed by atoms with van der Waals surface area (Å²) in [6.45, 7) is -0.390. The number of hydrogen-bond donors (Lipinski definition) is 3. The Balaban J connectivity index is 1.59. The Labute approximate surface area is 163 Å². The summed E-state index contributed by atoms with van der Waals surface area (Å²) in [5.74, 6) is 0.685. The van der Waals surface area contributed by atoms with Gasteiger partial charge in [-0.25, -0.2) is 15.0 Å². The lowest BCUT2D eigenvalue weighted by molar-refractivity contribution is -0.0511. The second-order valence-corrected chi connectivity index (χ2v) is 7.55. The van der Waals surface area contributed by atoms with Gasteiger partial charge in [0.1, 0.15) is 35.2 Å². The van der Waals surface area contributed by atoms with E-state index in [1.807, 2.05) is 24.3 Å². The topological polar surface area (TPSA) is 114 Å². The molecule has 4 rings (SSSR count). The molecule has 0 amide bonds. The van der Waals surface area contributed by atoms with E-state index in [0.29, 0.717) is 27.0 Å². The first-order valence-electron chi connectivity index (χ1n) is 8.25. The van der Waals surface area contributed by atoms with Gasteiger partial charge in [0.15, 0.2) is 11.9 Å². The van der Waals surface area contributed by atoms with Crippen molar-refractivity contribution in [2.45, 2.75) is 35.3 Å². The summed E-state index contributed by atoms with van der Waals surface area (Å²) in [6.07, 6.45) is -1.20. The molecule has 142 valence electrons. The van der Waals surface area contributed by atoms with Gasteiger partial charge >= 0.3 is 0 Å². The maximum absolute atomic E-state index is 10.2. The molecule has 0 bridgehead atoms. The van der Waals surface area contributed by atoms with Gasteiger partial charge in [-0.3, -0.25) is 4.57 Å². The normalized spacial score (nSPS) is 25.3. The first-order valence-corrected chi connectivity index (χ1v) is 9.62. The van der Waals surface area contributed by atoms with Crippen LogP contribution in [0.4, 0.5) is 0 Å². The number of aliphatic hydroxyl groups excluding tert-OH is 3. The fourth-order valence-corrected chi connectivity index (χ4v) is 3.99. The van der Waals surface area contributed by atoms with Crippen LogP contribution in [0.5, 0.6) is 0 Å². The summed E-state index contributed by atoms with van der Waals surface area (Å²) < 4.78 is 7.11. The van der Waals surface area contributed by atoms with Crippen LogP contribution in [0, 0.1) is 0 Å². The minimum atomic E-state index is -1.19. The molecular weight excluding hydrogens is 392 g/mol. The highest BCUT2D eigenvalue weighted by atomic mass is 35.5. The van der Waals surface area contributed by atoms with Gasteiger partial charge in [-0.15, -0.1) is 0 Å². The van der Waals surface area contributed by atoms with Crippen molar-refractivity contribution in [2.75, 3.05) is 6.61 Å². The summed E-state index contributed by atoms with van der Waals surface area (Å²) in [5, 5.41) is 30.9. The fourth-order valence-electron chi connectivity index (χ4n) is 2.96. The van der Waals surface area contributed by atoms with Gasteiger partial charge in [0.25, 0.3) is 0 Å². The van der Waals surface area contributed by atoms with E-state index >= 15 is 0 Å². The van der Waals surface area contributed by atoms with Crippen LogP contribution in [0.3, 0.4) is 0 Å². The molecule has 10 heteroatoms. The predicted molar refractivity (Wildman–Crippen MR) is 99.3 cm³/mol. The molecule has 2 aromatic heterocycles. The highest BCUT2D eigenvalue weighted by molar-refractivity contribution is 7.98. The first-order chi connectivity index (χ1) is 13.1. The highest BCUT2D eigenvalue weighted by Crippen LogP contribution is 2.33. The average molecular weight is 409 g/mol. The summed E-state index contributed by atoms with van der Waals surface area (Å²) >= 11 is 7.42. The molecule has 0 saturated carbocycles. The molecule has 8 nitrogen and oxygen atoms in total. The Kier molecular flexibility index (Phi) is 5.31. The largest absolute Gasteiger partial charge is 0.394 e. The van der Waals surface area contributed by atoms with E-state index in [9.17, 15) is 15.3 Å². The molecule has 4 atom stereocenters. The smallest absolute Gasteiger partial charge is 0.166 e. The molecule has 27 heavy (non-hydrogen) atoms. The number of ether oxygens (including phenoxy) is 1. The molecule has 3 N–H and O–H groups in total. The van der Waals surface area contributed by atoms with Crippen LogP contribution in [0.25, 0.3) is 11.2 Å². The first kappa shape index (κ1) is 18.6. The van der Waals surface area contributed by atoms with Crippen molar-refractivity contribution in [1.82, 2.24) is 19.5 Å². The van der Waals surface area contributed by atoms with E-state index in [4.69, 9.17) is 16.3 Å². The summed E-state index contributed by atoms with van der Waals surface area (Å²) in [4.78, 5) is 12.9. The van der Waals surface area contributed by atoms with Crippen LogP contribution in [-0.4, -0.2) is 59.8 Å². The lowest BCUT2D eigenvalue weighted by Gasteiger charge is -2.16. The van der Waals surface area contributed by atoms with Crippen molar-refractivity contribution >= 4 is 34.5 Å². The molecule has 3 aromatic rings. The quantitative estimate of drug-likeness (QED) is 0.428. The molecule has 1 aromatic carbocycles. The van der Waals surface area contributed by atoms with Gasteiger partial charge in [0, 0.05) is 10.8 Å². The lowest BCUT2D eigenvalue weighted by Crippen LogP contribution is -2.33. The average Bonchev–Trinajstić information content (AvgIpc) is 3.23. The third-order valence-electron chi connectivity index (χ3n) is 4.41. The summed E-state index contributed by atoms with van der Waals surface area (Å²) in [7, 11) is 0. The second-order valence-electron chi connectivity index (χ2n) is 6.15. The van der Waals surface area contributed by atoms with Crippen molar-refractivity contribution in [2.24, 2.45) is 0 Å². The van der Waals surface area contributed by atoms with Crippen LogP contribution in [0.2, 0.25) is 5.02 Å². The van der Waals surface area contributed by atoms with Crippen molar-refractivity contribution in [1.29, 1.82) is 0 Å². The van der Waals surface area contributed by atoms with Crippen LogP contribution in [0.15, 0.2) is 41.9 Å².